The van der Waals surface area contributed by atoms with Gasteiger partial charge in [0.15, 0.2) is 0 Å². The average molecular weight is 448 g/mol. The van der Waals surface area contributed by atoms with Crippen LogP contribution in [0.25, 0.3) is 33.1 Å². The standard InChI is InChI=1S/C20H13ClF3N5O2/c1-8-10(18(25)30)2-3-13(27-8)11-4-9(21)5-12-16-14(28-17(11)12)6-26-7-15(16)29-19(31)20(22,23)24/h2-7,28H,1H3,(H2,25,30)(H,29,31). The number of nitrogens with one attached hydrogen (secondary N) is 2. The third kappa shape index (κ3) is 3.66. The predicted octanol–water partition coefficient (Wildman–Crippen LogP) is 4.34. The minimum Gasteiger partial charge on any atom is -0.366 e. The lowest BCUT2D eigenvalue weighted by molar-refractivity contribution is -0.167. The van der Waals surface area contributed by atoms with E-state index in [-0.39, 0.29) is 11.3 Å². The van der Waals surface area contributed by atoms with E-state index in [4.69, 9.17) is 17.3 Å². The van der Waals surface area contributed by atoms with Crippen molar-refractivity contribution >= 4 is 50.9 Å². The number of primary amides is 1. The first kappa shape index (κ1) is 20.6. The van der Waals surface area contributed by atoms with Crippen LogP contribution < -0.4 is 11.1 Å². The molecule has 31 heavy (non-hydrogen) atoms. The van der Waals surface area contributed by atoms with Crippen molar-refractivity contribution in [3.8, 4) is 11.3 Å². The molecular formula is C20H13ClF3N5O2. The number of rotatable bonds is 3. The Morgan fingerprint density at radius 3 is 2.58 bits per heavy atom. The first-order valence-corrected chi connectivity index (χ1v) is 9.19. The number of carbonyl (C=O) groups is 2. The third-order valence-electron chi connectivity index (χ3n) is 4.71. The first-order valence-electron chi connectivity index (χ1n) is 8.81. The fourth-order valence-corrected chi connectivity index (χ4v) is 3.60. The van der Waals surface area contributed by atoms with Crippen LogP contribution in [0, 0.1) is 6.92 Å². The molecule has 7 nitrogen and oxygen atoms in total. The molecule has 0 spiro atoms. The van der Waals surface area contributed by atoms with Gasteiger partial charge in [-0.25, -0.2) is 0 Å². The van der Waals surface area contributed by atoms with E-state index >= 15 is 0 Å². The molecule has 0 aliphatic rings. The maximum atomic E-state index is 12.7. The second-order valence-electron chi connectivity index (χ2n) is 6.76. The van der Waals surface area contributed by atoms with Crippen LogP contribution in [-0.2, 0) is 4.79 Å². The van der Waals surface area contributed by atoms with E-state index in [1.54, 1.807) is 25.1 Å². The number of H-pyrrole nitrogens is 1. The summed E-state index contributed by atoms with van der Waals surface area (Å²) in [7, 11) is 0. The van der Waals surface area contributed by atoms with Gasteiger partial charge in [0.1, 0.15) is 0 Å². The van der Waals surface area contributed by atoms with Gasteiger partial charge in [-0.15, -0.1) is 0 Å². The molecule has 3 aromatic heterocycles. The summed E-state index contributed by atoms with van der Waals surface area (Å²) in [6, 6.07) is 6.32. The Kier molecular flexibility index (Phi) is 4.81. The third-order valence-corrected chi connectivity index (χ3v) is 4.93. The summed E-state index contributed by atoms with van der Waals surface area (Å²) in [5.74, 6) is -2.73. The summed E-state index contributed by atoms with van der Waals surface area (Å²) < 4.78 is 38.2. The average Bonchev–Trinajstić information content (AvgIpc) is 3.05. The van der Waals surface area contributed by atoms with Gasteiger partial charge in [-0.05, 0) is 31.2 Å². The minimum absolute atomic E-state index is 0.118. The van der Waals surface area contributed by atoms with Crippen LogP contribution in [0.1, 0.15) is 16.1 Å². The van der Waals surface area contributed by atoms with Crippen LogP contribution in [0.4, 0.5) is 18.9 Å². The van der Waals surface area contributed by atoms with Crippen molar-refractivity contribution in [2.75, 3.05) is 5.32 Å². The lowest BCUT2D eigenvalue weighted by Crippen LogP contribution is -2.30. The molecule has 4 rings (SSSR count). The molecule has 0 radical (unpaired) electrons. The van der Waals surface area contributed by atoms with E-state index in [1.165, 1.54) is 12.3 Å². The monoisotopic (exact) mass is 447 g/mol. The normalized spacial score (nSPS) is 11.8. The molecule has 3 heterocycles. The number of fused-ring (bicyclic) bond motifs is 3. The zero-order valence-corrected chi connectivity index (χ0v) is 16.5. The van der Waals surface area contributed by atoms with Gasteiger partial charge in [-0.3, -0.25) is 19.6 Å². The molecule has 0 fully saturated rings. The number of hydrogen-bond donors (Lipinski definition) is 3. The number of nitrogens with two attached hydrogens (primary N) is 1. The van der Waals surface area contributed by atoms with Crippen molar-refractivity contribution in [1.82, 2.24) is 15.0 Å². The lowest BCUT2D eigenvalue weighted by Gasteiger charge is -2.09. The van der Waals surface area contributed by atoms with E-state index in [1.807, 2.05) is 5.32 Å². The Labute approximate surface area is 177 Å². The van der Waals surface area contributed by atoms with Crippen molar-refractivity contribution < 1.29 is 22.8 Å². The van der Waals surface area contributed by atoms with Gasteiger partial charge in [0.25, 0.3) is 5.91 Å². The van der Waals surface area contributed by atoms with Crippen molar-refractivity contribution in [3.05, 3.63) is 52.9 Å². The van der Waals surface area contributed by atoms with Gasteiger partial charge < -0.3 is 16.0 Å². The number of benzene rings is 1. The smallest absolute Gasteiger partial charge is 0.366 e. The Morgan fingerprint density at radius 1 is 1.19 bits per heavy atom. The Balaban J connectivity index is 1.95. The Morgan fingerprint density at radius 2 is 1.94 bits per heavy atom. The minimum atomic E-state index is -5.05. The van der Waals surface area contributed by atoms with Gasteiger partial charge in [0.05, 0.1) is 46.1 Å². The number of halogens is 4. The predicted molar refractivity (Wildman–Crippen MR) is 110 cm³/mol. The molecule has 0 saturated heterocycles. The zero-order valence-electron chi connectivity index (χ0n) is 15.8. The van der Waals surface area contributed by atoms with Gasteiger partial charge in [-0.2, -0.15) is 13.2 Å². The summed E-state index contributed by atoms with van der Waals surface area (Å²) in [6.07, 6.45) is -2.50. The van der Waals surface area contributed by atoms with Gasteiger partial charge in [0, 0.05) is 21.4 Å². The number of nitrogens with zero attached hydrogens (tertiary/aromatic N) is 2. The molecule has 0 aliphatic heterocycles. The van der Waals surface area contributed by atoms with Crippen LogP contribution in [0.2, 0.25) is 5.02 Å². The molecule has 0 atom stereocenters. The van der Waals surface area contributed by atoms with E-state index < -0.39 is 18.0 Å². The number of aryl methyl sites for hydroxylation is 1. The second-order valence-corrected chi connectivity index (χ2v) is 7.19. The quantitative estimate of drug-likeness (QED) is 0.433. The van der Waals surface area contributed by atoms with Gasteiger partial charge in [-0.1, -0.05) is 11.6 Å². The topological polar surface area (TPSA) is 114 Å². The number of alkyl halides is 3. The Hall–Kier alpha value is -3.66. The van der Waals surface area contributed by atoms with Crippen molar-refractivity contribution in [2.45, 2.75) is 13.1 Å². The molecule has 1 aromatic carbocycles. The molecule has 11 heteroatoms. The number of aromatic amines is 1. The second kappa shape index (κ2) is 7.24. The number of carbonyl (C=O) groups excluding carboxylic acids is 2. The molecule has 0 saturated carbocycles. The van der Waals surface area contributed by atoms with E-state index in [0.717, 1.165) is 6.20 Å². The summed E-state index contributed by atoms with van der Waals surface area (Å²) in [5, 5.41) is 2.94. The molecule has 4 aromatic rings. The SMILES string of the molecule is Cc1nc(-c2cc(Cl)cc3c2[nH]c2cncc(NC(=O)C(F)(F)F)c23)ccc1C(N)=O. The van der Waals surface area contributed by atoms with Crippen LogP contribution >= 0.6 is 11.6 Å². The molecular weight excluding hydrogens is 435 g/mol. The number of amides is 2. The number of aromatic nitrogens is 3. The van der Waals surface area contributed by atoms with Crippen molar-refractivity contribution in [1.29, 1.82) is 0 Å². The number of anilines is 1. The highest BCUT2D eigenvalue weighted by Crippen LogP contribution is 2.38. The summed E-state index contributed by atoms with van der Waals surface area (Å²) in [6.45, 7) is 1.63. The fourth-order valence-electron chi connectivity index (χ4n) is 3.38. The summed E-state index contributed by atoms with van der Waals surface area (Å²) in [4.78, 5) is 34.4. The number of hydrogen-bond acceptors (Lipinski definition) is 4. The van der Waals surface area contributed by atoms with Crippen molar-refractivity contribution in [3.63, 3.8) is 0 Å². The summed E-state index contributed by atoms with van der Waals surface area (Å²) in [5.41, 5.74) is 7.81. The van der Waals surface area contributed by atoms with E-state index in [0.29, 0.717) is 43.8 Å². The van der Waals surface area contributed by atoms with Crippen LogP contribution in [0.3, 0.4) is 0 Å². The molecule has 158 valence electrons. The number of pyridine rings is 2. The maximum absolute atomic E-state index is 12.7. The zero-order chi connectivity index (χ0) is 22.5. The molecule has 2 amide bonds. The molecule has 4 N–H and O–H groups in total. The van der Waals surface area contributed by atoms with Crippen molar-refractivity contribution in [2.24, 2.45) is 5.73 Å². The van der Waals surface area contributed by atoms with Crippen LogP contribution in [0.5, 0.6) is 0 Å². The highest BCUT2D eigenvalue weighted by Gasteiger charge is 2.39. The fraction of sp³-hybridized carbons (Fsp3) is 0.100. The summed E-state index contributed by atoms with van der Waals surface area (Å²) >= 11 is 6.28. The highest BCUT2D eigenvalue weighted by atomic mass is 35.5. The highest BCUT2D eigenvalue weighted by molar-refractivity contribution is 6.33. The molecule has 0 bridgehead atoms. The molecule has 0 aliphatic carbocycles. The Bertz CT molecular complexity index is 1380. The van der Waals surface area contributed by atoms with Crippen LogP contribution in [-0.4, -0.2) is 32.9 Å². The largest absolute Gasteiger partial charge is 0.471 e. The van der Waals surface area contributed by atoms with Gasteiger partial charge >= 0.3 is 12.1 Å². The lowest BCUT2D eigenvalue weighted by atomic mass is 10.0. The van der Waals surface area contributed by atoms with E-state index in [2.05, 4.69) is 15.0 Å². The van der Waals surface area contributed by atoms with Crippen LogP contribution in [0.15, 0.2) is 36.7 Å². The first-order chi connectivity index (χ1) is 14.6. The van der Waals surface area contributed by atoms with Gasteiger partial charge in [0.2, 0.25) is 0 Å². The van der Waals surface area contributed by atoms with E-state index in [9.17, 15) is 22.8 Å². The molecule has 0 unspecified atom stereocenters. The maximum Gasteiger partial charge on any atom is 0.471 e.